The zero-order chi connectivity index (χ0) is 7.02. The maximum atomic E-state index is 10.3. The second-order valence-corrected chi connectivity index (χ2v) is 1.88. The molecule has 0 aliphatic carbocycles. The monoisotopic (exact) mass is 131 g/mol. The minimum absolute atomic E-state index is 0.117. The van der Waals surface area contributed by atoms with Crippen molar-refractivity contribution in [1.82, 2.24) is 0 Å². The zero-order valence-corrected chi connectivity index (χ0v) is 4.46. The normalized spacial score (nSPS) is 33.7. The largest absolute Gasteiger partial charge is 0.627 e. The maximum absolute atomic E-state index is 10.3. The summed E-state index contributed by atoms with van der Waals surface area (Å²) >= 11 is 0. The second kappa shape index (κ2) is 1.78. The molecule has 0 aromatic rings. The summed E-state index contributed by atoms with van der Waals surface area (Å²) in [4.78, 5) is 20.2. The highest BCUT2D eigenvalue weighted by Crippen LogP contribution is 1.97. The van der Waals surface area contributed by atoms with Gasteiger partial charge in [0.05, 0.1) is 0 Å². The van der Waals surface area contributed by atoms with E-state index in [2.05, 4.69) is 0 Å². The van der Waals surface area contributed by atoms with Gasteiger partial charge in [-0.2, -0.15) is 0 Å². The minimum Gasteiger partial charge on any atom is -0.627 e. The number of rotatable bonds is 1. The first-order valence-corrected chi connectivity index (χ1v) is 2.43. The van der Waals surface area contributed by atoms with Crippen molar-refractivity contribution >= 4 is 11.9 Å². The molecule has 0 aromatic carbocycles. The molecule has 5 nitrogen and oxygen atoms in total. The molecule has 2 N–H and O–H groups in total. The standard InChI is InChI=1S/C4H5NO4/c6-3-2(4(7)8)1-5(3)9/h2,5H,1H2,(H,7,8). The predicted octanol–water partition coefficient (Wildman–Crippen LogP) is -2.39. The van der Waals surface area contributed by atoms with Crippen molar-refractivity contribution in [3.63, 3.8) is 0 Å². The Hall–Kier alpha value is -0.940. The number of amides is 1. The molecular weight excluding hydrogens is 126 g/mol. The molecule has 0 spiro atoms. The van der Waals surface area contributed by atoms with Crippen LogP contribution in [0.5, 0.6) is 0 Å². The van der Waals surface area contributed by atoms with Gasteiger partial charge in [0.25, 0.3) is 0 Å². The van der Waals surface area contributed by atoms with E-state index in [4.69, 9.17) is 5.11 Å². The highest BCUT2D eigenvalue weighted by Gasteiger charge is 2.44. The van der Waals surface area contributed by atoms with E-state index >= 15 is 0 Å². The molecule has 0 saturated carbocycles. The van der Waals surface area contributed by atoms with Gasteiger partial charge in [-0.1, -0.05) is 0 Å². The van der Waals surface area contributed by atoms with Gasteiger partial charge in [-0.3, -0.25) is 4.79 Å². The lowest BCUT2D eigenvalue weighted by molar-refractivity contribution is -0.802. The van der Waals surface area contributed by atoms with Crippen LogP contribution in [0.3, 0.4) is 0 Å². The molecule has 5 heteroatoms. The van der Waals surface area contributed by atoms with E-state index in [0.29, 0.717) is 0 Å². The summed E-state index contributed by atoms with van der Waals surface area (Å²) in [5, 5.41) is 17.7. The van der Waals surface area contributed by atoms with Crippen LogP contribution < -0.4 is 5.06 Å². The summed E-state index contributed by atoms with van der Waals surface area (Å²) in [6.45, 7) is -0.117. The quantitative estimate of drug-likeness (QED) is 0.236. The molecule has 1 saturated heterocycles. The third-order valence-corrected chi connectivity index (χ3v) is 1.28. The van der Waals surface area contributed by atoms with Crippen LogP contribution >= 0.6 is 0 Å². The fraction of sp³-hybridized carbons (Fsp3) is 0.500. The average Bonchev–Trinajstić information content (AvgIpc) is 1.81. The molecule has 0 aromatic heterocycles. The number of nitrogens with one attached hydrogen (secondary N) is 1. The highest BCUT2D eigenvalue weighted by atomic mass is 16.5. The van der Waals surface area contributed by atoms with Crippen molar-refractivity contribution in [3.05, 3.63) is 5.21 Å². The van der Waals surface area contributed by atoms with E-state index in [1.165, 1.54) is 0 Å². The summed E-state index contributed by atoms with van der Waals surface area (Å²) in [7, 11) is 0. The van der Waals surface area contributed by atoms with Crippen molar-refractivity contribution in [2.24, 2.45) is 5.92 Å². The van der Waals surface area contributed by atoms with E-state index in [1.54, 1.807) is 0 Å². The third-order valence-electron chi connectivity index (χ3n) is 1.28. The predicted molar refractivity (Wildman–Crippen MR) is 25.3 cm³/mol. The Bertz CT molecular complexity index is 166. The number of quaternary nitrogens is 1. The van der Waals surface area contributed by atoms with Crippen LogP contribution in [0.4, 0.5) is 0 Å². The summed E-state index contributed by atoms with van der Waals surface area (Å²) in [6.07, 6.45) is 0. The smallest absolute Gasteiger partial charge is 0.332 e. The number of hydrogen-bond donors (Lipinski definition) is 2. The topological polar surface area (TPSA) is 81.9 Å². The number of hydrogen-bond acceptors (Lipinski definition) is 3. The number of carboxylic acids is 1. The Kier molecular flexibility index (Phi) is 1.22. The molecule has 2 unspecified atom stereocenters. The summed E-state index contributed by atoms with van der Waals surface area (Å²) in [6, 6.07) is 0. The summed E-state index contributed by atoms with van der Waals surface area (Å²) in [5.41, 5.74) is 0. The van der Waals surface area contributed by atoms with Crippen molar-refractivity contribution in [2.45, 2.75) is 0 Å². The Labute approximate surface area is 50.5 Å². The van der Waals surface area contributed by atoms with Crippen molar-refractivity contribution < 1.29 is 19.8 Å². The molecule has 9 heavy (non-hydrogen) atoms. The van der Waals surface area contributed by atoms with Gasteiger partial charge in [-0.15, -0.1) is 0 Å². The van der Waals surface area contributed by atoms with Crippen molar-refractivity contribution in [2.75, 3.05) is 6.54 Å². The number of hydroxylamine groups is 2. The van der Waals surface area contributed by atoms with Crippen LogP contribution in [0.15, 0.2) is 0 Å². The van der Waals surface area contributed by atoms with Gasteiger partial charge in [0.1, 0.15) is 6.54 Å². The Balaban J connectivity index is 2.52. The van der Waals surface area contributed by atoms with Crippen LogP contribution in [-0.4, -0.2) is 23.5 Å². The molecular formula is C4H5NO4. The molecule has 0 radical (unpaired) electrons. The lowest BCUT2D eigenvalue weighted by Crippen LogP contribution is -3.19. The van der Waals surface area contributed by atoms with Gasteiger partial charge < -0.3 is 15.4 Å². The van der Waals surface area contributed by atoms with Gasteiger partial charge in [0, 0.05) is 0 Å². The number of carboxylic acid groups (broad SMARTS) is 1. The fourth-order valence-electron chi connectivity index (χ4n) is 0.641. The second-order valence-electron chi connectivity index (χ2n) is 1.88. The molecule has 1 amide bonds. The Morgan fingerprint density at radius 3 is 2.56 bits per heavy atom. The molecule has 1 fully saturated rings. The molecule has 1 aliphatic rings. The van der Waals surface area contributed by atoms with Crippen LogP contribution in [-0.2, 0) is 9.59 Å². The number of carbonyl (C=O) groups excluding carboxylic acids is 1. The molecule has 1 rings (SSSR count). The number of β-lactam (4-membered cyclic amide) rings is 1. The fourth-order valence-corrected chi connectivity index (χ4v) is 0.641. The van der Waals surface area contributed by atoms with E-state index in [0.717, 1.165) is 0 Å². The Morgan fingerprint density at radius 1 is 1.89 bits per heavy atom. The van der Waals surface area contributed by atoms with Crippen molar-refractivity contribution in [3.8, 4) is 0 Å². The van der Waals surface area contributed by atoms with E-state index in [1.807, 2.05) is 0 Å². The van der Waals surface area contributed by atoms with Crippen LogP contribution in [0.1, 0.15) is 0 Å². The molecule has 2 atom stereocenters. The zero-order valence-electron chi connectivity index (χ0n) is 4.46. The molecule has 0 bridgehead atoms. The number of carbonyl (C=O) groups is 2. The first-order chi connectivity index (χ1) is 4.13. The maximum Gasteiger partial charge on any atom is 0.332 e. The van der Waals surface area contributed by atoms with E-state index < -0.39 is 22.9 Å². The van der Waals surface area contributed by atoms with Crippen LogP contribution in [0.25, 0.3) is 0 Å². The molecule has 1 aliphatic heterocycles. The van der Waals surface area contributed by atoms with E-state index in [-0.39, 0.29) is 6.54 Å². The average molecular weight is 131 g/mol. The van der Waals surface area contributed by atoms with Gasteiger partial charge in [0.2, 0.25) is 5.92 Å². The van der Waals surface area contributed by atoms with Gasteiger partial charge in [-0.25, -0.2) is 4.79 Å². The van der Waals surface area contributed by atoms with Crippen LogP contribution in [0, 0.1) is 11.1 Å². The summed E-state index contributed by atoms with van der Waals surface area (Å²) < 4.78 is 0. The lowest BCUT2D eigenvalue weighted by atomic mass is 10.0. The molecule has 50 valence electrons. The third kappa shape index (κ3) is 0.797. The van der Waals surface area contributed by atoms with E-state index in [9.17, 15) is 14.8 Å². The first kappa shape index (κ1) is 6.18. The van der Waals surface area contributed by atoms with Gasteiger partial charge in [-0.05, 0) is 0 Å². The minimum atomic E-state index is -1.19. The Morgan fingerprint density at radius 2 is 2.44 bits per heavy atom. The van der Waals surface area contributed by atoms with Crippen LogP contribution in [0.2, 0.25) is 0 Å². The summed E-state index contributed by atoms with van der Waals surface area (Å²) in [5.74, 6) is -3.00. The van der Waals surface area contributed by atoms with Crippen molar-refractivity contribution in [1.29, 1.82) is 0 Å². The lowest BCUT2D eigenvalue weighted by Gasteiger charge is -2.31. The highest BCUT2D eigenvalue weighted by molar-refractivity contribution is 5.95. The number of aliphatic carboxylic acids is 1. The first-order valence-electron chi connectivity index (χ1n) is 2.43. The van der Waals surface area contributed by atoms with Gasteiger partial charge >= 0.3 is 11.9 Å². The molecule has 1 heterocycles. The SMILES string of the molecule is O=C(O)C1C[NH+]([O-])C1=O. The van der Waals surface area contributed by atoms with Gasteiger partial charge in [0.15, 0.2) is 0 Å².